The number of benzene rings is 2. The van der Waals surface area contributed by atoms with Gasteiger partial charge in [0.2, 0.25) is 10.0 Å². The van der Waals surface area contributed by atoms with Crippen LogP contribution in [-0.2, 0) is 21.2 Å². The van der Waals surface area contributed by atoms with Gasteiger partial charge in [-0.05, 0) is 55.3 Å². The summed E-state index contributed by atoms with van der Waals surface area (Å²) in [6, 6.07) is 14.8. The van der Waals surface area contributed by atoms with Crippen LogP contribution >= 0.6 is 0 Å². The Morgan fingerprint density at radius 1 is 1.14 bits per heavy atom. The van der Waals surface area contributed by atoms with Crippen molar-refractivity contribution in [1.29, 1.82) is 5.26 Å². The molecule has 0 fully saturated rings. The number of carbonyl (C=O) groups excluding carboxylic acids is 1. The van der Waals surface area contributed by atoms with E-state index in [1.807, 2.05) is 6.92 Å². The number of nitriles is 1. The Morgan fingerprint density at radius 2 is 1.79 bits per heavy atom. The number of amides is 1. The summed E-state index contributed by atoms with van der Waals surface area (Å²) in [5.41, 5.74) is 1.47. The molecule has 2 N–H and O–H groups in total. The fourth-order valence-corrected chi connectivity index (χ4v) is 3.60. The highest BCUT2D eigenvalue weighted by atomic mass is 32.2. The zero-order valence-electron chi connectivity index (χ0n) is 15.8. The Hall–Kier alpha value is -2.89. The molecule has 0 bridgehead atoms. The number of rotatable bonds is 9. The van der Waals surface area contributed by atoms with Gasteiger partial charge in [0.15, 0.2) is 6.61 Å². The molecule has 0 saturated carbocycles. The van der Waals surface area contributed by atoms with Gasteiger partial charge in [0.05, 0.1) is 17.4 Å². The maximum Gasteiger partial charge on any atom is 0.262 e. The molecule has 0 aliphatic rings. The fraction of sp³-hybridized carbons (Fsp3) is 0.300. The zero-order valence-corrected chi connectivity index (χ0v) is 16.6. The molecule has 28 heavy (non-hydrogen) atoms. The zero-order chi connectivity index (χ0) is 20.6. The SMILES string of the molecule is CCC(C)NS(=O)(=O)c1ccc(OCC(=O)Nc2ccc(CC#N)cc2)cc1. The molecule has 2 rings (SSSR count). The van der Waals surface area contributed by atoms with E-state index in [4.69, 9.17) is 10.00 Å². The second kappa shape index (κ2) is 9.88. The maximum absolute atomic E-state index is 12.2. The molecule has 0 saturated heterocycles. The average Bonchev–Trinajstić information content (AvgIpc) is 2.68. The normalized spacial score (nSPS) is 12.0. The fourth-order valence-electron chi connectivity index (χ4n) is 2.27. The van der Waals surface area contributed by atoms with Crippen molar-refractivity contribution in [3.8, 4) is 11.8 Å². The third-order valence-electron chi connectivity index (χ3n) is 3.99. The van der Waals surface area contributed by atoms with Gasteiger partial charge in [-0.1, -0.05) is 19.1 Å². The van der Waals surface area contributed by atoms with E-state index in [0.29, 0.717) is 24.3 Å². The predicted octanol–water partition coefficient (Wildman–Crippen LogP) is 2.85. The Labute approximate surface area is 165 Å². The van der Waals surface area contributed by atoms with E-state index in [1.165, 1.54) is 24.3 Å². The van der Waals surface area contributed by atoms with Crippen molar-refractivity contribution in [2.75, 3.05) is 11.9 Å². The molecule has 0 spiro atoms. The largest absolute Gasteiger partial charge is 0.484 e. The van der Waals surface area contributed by atoms with E-state index in [9.17, 15) is 13.2 Å². The summed E-state index contributed by atoms with van der Waals surface area (Å²) in [4.78, 5) is 12.1. The molecule has 0 aliphatic heterocycles. The Kier molecular flexibility index (Phi) is 7.55. The van der Waals surface area contributed by atoms with Gasteiger partial charge in [-0.2, -0.15) is 5.26 Å². The van der Waals surface area contributed by atoms with Crippen molar-refractivity contribution in [3.63, 3.8) is 0 Å². The lowest BCUT2D eigenvalue weighted by molar-refractivity contribution is -0.118. The van der Waals surface area contributed by atoms with Gasteiger partial charge in [-0.3, -0.25) is 4.79 Å². The molecule has 8 heteroatoms. The number of ether oxygens (including phenoxy) is 1. The molecule has 2 aromatic carbocycles. The van der Waals surface area contributed by atoms with Crippen LogP contribution in [0.25, 0.3) is 0 Å². The second-order valence-electron chi connectivity index (χ2n) is 6.27. The van der Waals surface area contributed by atoms with Gasteiger partial charge >= 0.3 is 0 Å². The summed E-state index contributed by atoms with van der Waals surface area (Å²) in [7, 11) is -3.57. The molecule has 1 atom stereocenters. The van der Waals surface area contributed by atoms with Gasteiger partial charge in [0.25, 0.3) is 5.91 Å². The summed E-state index contributed by atoms with van der Waals surface area (Å²) < 4.78 is 32.4. The highest BCUT2D eigenvalue weighted by Gasteiger charge is 2.16. The third kappa shape index (κ3) is 6.37. The minimum Gasteiger partial charge on any atom is -0.484 e. The summed E-state index contributed by atoms with van der Waals surface area (Å²) in [6.45, 7) is 3.48. The lowest BCUT2D eigenvalue weighted by Gasteiger charge is -2.12. The van der Waals surface area contributed by atoms with E-state index >= 15 is 0 Å². The first-order valence-corrected chi connectivity index (χ1v) is 10.3. The number of sulfonamides is 1. The monoisotopic (exact) mass is 401 g/mol. The molecule has 7 nitrogen and oxygen atoms in total. The summed E-state index contributed by atoms with van der Waals surface area (Å²) in [5.74, 6) is 0.0465. The van der Waals surface area contributed by atoms with E-state index < -0.39 is 10.0 Å². The molecule has 0 aromatic heterocycles. The topological polar surface area (TPSA) is 108 Å². The van der Waals surface area contributed by atoms with Crippen molar-refractivity contribution in [2.24, 2.45) is 0 Å². The van der Waals surface area contributed by atoms with Crippen LogP contribution in [0.2, 0.25) is 0 Å². The summed E-state index contributed by atoms with van der Waals surface area (Å²) in [6.07, 6.45) is 1.01. The van der Waals surface area contributed by atoms with Crippen molar-refractivity contribution < 1.29 is 17.9 Å². The van der Waals surface area contributed by atoms with Crippen LogP contribution in [-0.4, -0.2) is 27.0 Å². The lowest BCUT2D eigenvalue weighted by Crippen LogP contribution is -2.31. The molecule has 0 aliphatic carbocycles. The van der Waals surface area contributed by atoms with Crippen LogP contribution in [0.1, 0.15) is 25.8 Å². The molecule has 0 radical (unpaired) electrons. The van der Waals surface area contributed by atoms with Crippen LogP contribution in [0.3, 0.4) is 0 Å². The third-order valence-corrected chi connectivity index (χ3v) is 5.60. The number of nitrogens with one attached hydrogen (secondary N) is 2. The first-order chi connectivity index (χ1) is 13.3. The average molecular weight is 401 g/mol. The van der Waals surface area contributed by atoms with Crippen LogP contribution in [0.15, 0.2) is 53.4 Å². The summed E-state index contributed by atoms with van der Waals surface area (Å²) >= 11 is 0. The number of nitrogens with zero attached hydrogens (tertiary/aromatic N) is 1. The highest BCUT2D eigenvalue weighted by Crippen LogP contribution is 2.17. The maximum atomic E-state index is 12.2. The van der Waals surface area contributed by atoms with E-state index in [1.54, 1.807) is 31.2 Å². The lowest BCUT2D eigenvalue weighted by atomic mass is 10.1. The predicted molar refractivity (Wildman–Crippen MR) is 106 cm³/mol. The Bertz CT molecular complexity index is 933. The van der Waals surface area contributed by atoms with Crippen LogP contribution < -0.4 is 14.8 Å². The van der Waals surface area contributed by atoms with Gasteiger partial charge in [-0.25, -0.2) is 13.1 Å². The van der Waals surface area contributed by atoms with Gasteiger partial charge in [0, 0.05) is 11.7 Å². The van der Waals surface area contributed by atoms with E-state index in [2.05, 4.69) is 16.1 Å². The molecular formula is C20H23N3O4S. The molecular weight excluding hydrogens is 378 g/mol. The number of carbonyl (C=O) groups is 1. The Balaban J connectivity index is 1.88. The van der Waals surface area contributed by atoms with Crippen molar-refractivity contribution in [3.05, 3.63) is 54.1 Å². The van der Waals surface area contributed by atoms with Gasteiger partial charge in [0.1, 0.15) is 5.75 Å². The van der Waals surface area contributed by atoms with Gasteiger partial charge in [-0.15, -0.1) is 0 Å². The number of hydrogen-bond donors (Lipinski definition) is 2. The van der Waals surface area contributed by atoms with Crippen LogP contribution in [0, 0.1) is 11.3 Å². The molecule has 2 aromatic rings. The summed E-state index contributed by atoms with van der Waals surface area (Å²) in [5, 5.41) is 11.3. The smallest absolute Gasteiger partial charge is 0.262 e. The molecule has 1 unspecified atom stereocenters. The standard InChI is InChI=1S/C20H23N3O4S/c1-3-15(2)23-28(25,26)19-10-8-18(9-11-19)27-14-20(24)22-17-6-4-16(5-7-17)12-13-21/h4-11,15,23H,3,12,14H2,1-2H3,(H,22,24). The first kappa shape index (κ1) is 21.4. The first-order valence-electron chi connectivity index (χ1n) is 8.85. The second-order valence-corrected chi connectivity index (χ2v) is 7.98. The van der Waals surface area contributed by atoms with E-state index in [0.717, 1.165) is 5.56 Å². The van der Waals surface area contributed by atoms with Crippen molar-refractivity contribution >= 4 is 21.6 Å². The molecule has 0 heterocycles. The number of anilines is 1. The van der Waals surface area contributed by atoms with Gasteiger partial charge < -0.3 is 10.1 Å². The van der Waals surface area contributed by atoms with Crippen LogP contribution in [0.5, 0.6) is 5.75 Å². The highest BCUT2D eigenvalue weighted by molar-refractivity contribution is 7.89. The van der Waals surface area contributed by atoms with Crippen molar-refractivity contribution in [2.45, 2.75) is 37.6 Å². The minimum absolute atomic E-state index is 0.141. The quantitative estimate of drug-likeness (QED) is 0.672. The molecule has 148 valence electrons. The molecule has 1 amide bonds. The van der Waals surface area contributed by atoms with Crippen LogP contribution in [0.4, 0.5) is 5.69 Å². The van der Waals surface area contributed by atoms with E-state index in [-0.39, 0.29) is 23.5 Å². The number of hydrogen-bond acceptors (Lipinski definition) is 5. The minimum atomic E-state index is -3.57. The van der Waals surface area contributed by atoms with Crippen molar-refractivity contribution in [1.82, 2.24) is 4.72 Å². The Morgan fingerprint density at radius 3 is 2.36 bits per heavy atom.